The molecule has 0 fully saturated rings. The van der Waals surface area contributed by atoms with Crippen molar-refractivity contribution in [3.63, 3.8) is 0 Å². The Morgan fingerprint density at radius 1 is 1.27 bits per heavy atom. The second kappa shape index (κ2) is 5.28. The van der Waals surface area contributed by atoms with Gasteiger partial charge in [0.25, 0.3) is 0 Å². The molecule has 0 saturated carbocycles. The van der Waals surface area contributed by atoms with Crippen LogP contribution in [0.5, 0.6) is 5.75 Å². The first kappa shape index (κ1) is 14.8. The second-order valence-electron chi connectivity index (χ2n) is 4.77. The van der Waals surface area contributed by atoms with Crippen LogP contribution in [0.15, 0.2) is 35.6 Å². The maximum absolute atomic E-state index is 12.9. The lowest BCUT2D eigenvalue weighted by Crippen LogP contribution is -2.06. The van der Waals surface area contributed by atoms with Crippen molar-refractivity contribution in [2.24, 2.45) is 4.99 Å². The van der Waals surface area contributed by atoms with Gasteiger partial charge in [-0.15, -0.1) is 0 Å². The Morgan fingerprint density at radius 3 is 2.73 bits per heavy atom. The van der Waals surface area contributed by atoms with E-state index in [-0.39, 0.29) is 10.7 Å². The Bertz CT molecular complexity index is 772. The highest BCUT2D eigenvalue weighted by atomic mass is 35.5. The fourth-order valence-corrected chi connectivity index (χ4v) is 2.66. The Hall–Kier alpha value is -2.08. The molecule has 1 aliphatic rings. The standard InChI is InChI=1S/C15H10ClF3N2O/c1-22-14-7-20-3-2-9(14)13-5-8-4-11(16)10(15(17,18)19)6-12(8)21-13/h2-4,6-7H,5H2,1H3. The van der Waals surface area contributed by atoms with E-state index in [9.17, 15) is 13.2 Å². The number of ether oxygens (including phenoxy) is 1. The van der Waals surface area contributed by atoms with Gasteiger partial charge >= 0.3 is 6.18 Å². The minimum absolute atomic E-state index is 0.283. The fourth-order valence-electron chi connectivity index (χ4n) is 2.37. The molecule has 0 unspecified atom stereocenters. The molecule has 1 aromatic carbocycles. The van der Waals surface area contributed by atoms with E-state index in [2.05, 4.69) is 9.98 Å². The van der Waals surface area contributed by atoms with Crippen LogP contribution in [-0.4, -0.2) is 17.8 Å². The Morgan fingerprint density at radius 2 is 2.05 bits per heavy atom. The van der Waals surface area contributed by atoms with E-state index in [0.717, 1.165) is 6.07 Å². The summed E-state index contributed by atoms with van der Waals surface area (Å²) >= 11 is 5.74. The molecular weight excluding hydrogens is 317 g/mol. The fraction of sp³-hybridized carbons (Fsp3) is 0.200. The quantitative estimate of drug-likeness (QED) is 0.817. The van der Waals surface area contributed by atoms with Crippen LogP contribution in [0.4, 0.5) is 18.9 Å². The predicted octanol–water partition coefficient (Wildman–Crippen LogP) is 4.44. The largest absolute Gasteiger partial charge is 0.494 e. The zero-order chi connectivity index (χ0) is 15.9. The van der Waals surface area contributed by atoms with Crippen LogP contribution in [0.2, 0.25) is 5.02 Å². The molecule has 114 valence electrons. The van der Waals surface area contributed by atoms with Gasteiger partial charge in [-0.25, -0.2) is 0 Å². The molecule has 0 radical (unpaired) electrons. The number of alkyl halides is 3. The average Bonchev–Trinajstić information content (AvgIpc) is 2.87. The van der Waals surface area contributed by atoms with E-state index in [1.54, 1.807) is 12.3 Å². The van der Waals surface area contributed by atoms with Gasteiger partial charge in [0.1, 0.15) is 5.75 Å². The Labute approximate surface area is 129 Å². The summed E-state index contributed by atoms with van der Waals surface area (Å²) in [6, 6.07) is 4.03. The van der Waals surface area contributed by atoms with Crippen molar-refractivity contribution in [3.05, 3.63) is 52.3 Å². The monoisotopic (exact) mass is 326 g/mol. The average molecular weight is 327 g/mol. The molecule has 0 spiro atoms. The number of rotatable bonds is 2. The highest BCUT2D eigenvalue weighted by molar-refractivity contribution is 6.31. The molecule has 2 heterocycles. The molecule has 0 N–H and O–H groups in total. The SMILES string of the molecule is COc1cnccc1C1=Nc2cc(C(F)(F)F)c(Cl)cc2C1. The van der Waals surface area contributed by atoms with Crippen LogP contribution in [0.1, 0.15) is 16.7 Å². The van der Waals surface area contributed by atoms with Gasteiger partial charge in [0.15, 0.2) is 0 Å². The maximum Gasteiger partial charge on any atom is 0.417 e. The van der Waals surface area contributed by atoms with Crippen molar-refractivity contribution in [3.8, 4) is 5.75 Å². The first-order valence-electron chi connectivity index (χ1n) is 6.35. The highest BCUT2D eigenvalue weighted by Gasteiger charge is 2.35. The first-order chi connectivity index (χ1) is 10.4. The number of nitrogens with zero attached hydrogens (tertiary/aromatic N) is 2. The van der Waals surface area contributed by atoms with Gasteiger partial charge in [-0.05, 0) is 23.8 Å². The number of benzene rings is 1. The van der Waals surface area contributed by atoms with E-state index in [1.807, 2.05) is 0 Å². The van der Waals surface area contributed by atoms with Gasteiger partial charge in [-0.3, -0.25) is 9.98 Å². The number of aromatic nitrogens is 1. The van der Waals surface area contributed by atoms with Gasteiger partial charge in [-0.2, -0.15) is 13.2 Å². The zero-order valence-corrected chi connectivity index (χ0v) is 12.2. The lowest BCUT2D eigenvalue weighted by Gasteiger charge is -2.10. The molecule has 0 atom stereocenters. The second-order valence-corrected chi connectivity index (χ2v) is 5.18. The van der Waals surface area contributed by atoms with E-state index < -0.39 is 11.7 Å². The normalized spacial score (nSPS) is 13.8. The van der Waals surface area contributed by atoms with Crippen molar-refractivity contribution in [1.82, 2.24) is 4.98 Å². The minimum Gasteiger partial charge on any atom is -0.494 e. The van der Waals surface area contributed by atoms with Gasteiger partial charge in [0.05, 0.1) is 35.3 Å². The van der Waals surface area contributed by atoms with Crippen LogP contribution in [-0.2, 0) is 12.6 Å². The van der Waals surface area contributed by atoms with Crippen molar-refractivity contribution in [2.75, 3.05) is 7.11 Å². The number of methoxy groups -OCH3 is 1. The van der Waals surface area contributed by atoms with Gasteiger partial charge in [-0.1, -0.05) is 11.6 Å². The third kappa shape index (κ3) is 2.54. The number of pyridine rings is 1. The van der Waals surface area contributed by atoms with Crippen LogP contribution in [0, 0.1) is 0 Å². The number of aliphatic imine (C=N–C) groups is 1. The van der Waals surface area contributed by atoms with E-state index in [0.29, 0.717) is 29.0 Å². The summed E-state index contributed by atoms with van der Waals surface area (Å²) in [7, 11) is 1.50. The summed E-state index contributed by atoms with van der Waals surface area (Å²) in [5.74, 6) is 0.524. The molecule has 3 nitrogen and oxygen atoms in total. The van der Waals surface area contributed by atoms with Gasteiger partial charge < -0.3 is 4.74 Å². The first-order valence-corrected chi connectivity index (χ1v) is 6.73. The highest BCUT2D eigenvalue weighted by Crippen LogP contribution is 2.41. The van der Waals surface area contributed by atoms with E-state index >= 15 is 0 Å². The number of hydrogen-bond donors (Lipinski definition) is 0. The molecule has 1 aliphatic heterocycles. The van der Waals surface area contributed by atoms with Crippen molar-refractivity contribution in [1.29, 1.82) is 0 Å². The van der Waals surface area contributed by atoms with Gasteiger partial charge in [0.2, 0.25) is 0 Å². The third-order valence-electron chi connectivity index (χ3n) is 3.40. The summed E-state index contributed by atoms with van der Waals surface area (Å²) in [6.45, 7) is 0. The van der Waals surface area contributed by atoms with Crippen LogP contribution >= 0.6 is 11.6 Å². The Balaban J connectivity index is 2.05. The van der Waals surface area contributed by atoms with E-state index in [4.69, 9.17) is 16.3 Å². The lowest BCUT2D eigenvalue weighted by atomic mass is 10.0. The van der Waals surface area contributed by atoms with Crippen molar-refractivity contribution >= 4 is 23.0 Å². The summed E-state index contributed by atoms with van der Waals surface area (Å²) < 4.78 is 43.9. The maximum atomic E-state index is 12.9. The molecule has 0 amide bonds. The lowest BCUT2D eigenvalue weighted by molar-refractivity contribution is -0.137. The number of fused-ring (bicyclic) bond motifs is 1. The topological polar surface area (TPSA) is 34.5 Å². The molecular formula is C15H10ClF3N2O. The molecule has 0 saturated heterocycles. The van der Waals surface area contributed by atoms with Crippen molar-refractivity contribution in [2.45, 2.75) is 12.6 Å². The van der Waals surface area contributed by atoms with E-state index in [1.165, 1.54) is 19.4 Å². The summed E-state index contributed by atoms with van der Waals surface area (Å²) in [4.78, 5) is 8.24. The minimum atomic E-state index is -4.50. The molecule has 7 heteroatoms. The van der Waals surface area contributed by atoms with Crippen LogP contribution in [0.3, 0.4) is 0 Å². The van der Waals surface area contributed by atoms with Crippen molar-refractivity contribution < 1.29 is 17.9 Å². The predicted molar refractivity (Wildman–Crippen MR) is 77.1 cm³/mol. The molecule has 0 aliphatic carbocycles. The molecule has 0 bridgehead atoms. The van der Waals surface area contributed by atoms with Crippen LogP contribution < -0.4 is 4.74 Å². The summed E-state index contributed by atoms with van der Waals surface area (Å²) in [6.07, 6.45) is -0.987. The summed E-state index contributed by atoms with van der Waals surface area (Å²) in [5, 5.41) is -0.315. The smallest absolute Gasteiger partial charge is 0.417 e. The van der Waals surface area contributed by atoms with Gasteiger partial charge in [0, 0.05) is 18.2 Å². The Kier molecular flexibility index (Phi) is 3.56. The molecule has 2 aromatic rings. The zero-order valence-electron chi connectivity index (χ0n) is 11.4. The molecule has 1 aromatic heterocycles. The summed E-state index contributed by atoms with van der Waals surface area (Å²) in [5.41, 5.74) is 1.40. The molecule has 22 heavy (non-hydrogen) atoms. The number of hydrogen-bond acceptors (Lipinski definition) is 3. The van der Waals surface area contributed by atoms with Crippen LogP contribution in [0.25, 0.3) is 0 Å². The molecule has 3 rings (SSSR count). The third-order valence-corrected chi connectivity index (χ3v) is 3.72. The number of halogens is 4.